The van der Waals surface area contributed by atoms with E-state index in [-0.39, 0.29) is 6.10 Å². The van der Waals surface area contributed by atoms with Crippen LogP contribution in [0, 0.1) is 0 Å². The van der Waals surface area contributed by atoms with E-state index in [2.05, 4.69) is 11.9 Å². The molecule has 0 amide bonds. The van der Waals surface area contributed by atoms with Crippen LogP contribution >= 0.6 is 0 Å². The third-order valence-electron chi connectivity index (χ3n) is 0.917. The zero-order valence-corrected chi connectivity index (χ0v) is 6.17. The lowest BCUT2D eigenvalue weighted by molar-refractivity contribution is 0.204. The average molecular weight is 129 g/mol. The maximum atomic E-state index is 8.74. The molecule has 0 aliphatic rings. The van der Waals surface area contributed by atoms with Crippen molar-refractivity contribution in [3.05, 3.63) is 0 Å². The molecule has 0 rings (SSSR count). The van der Waals surface area contributed by atoms with Gasteiger partial charge in [-0.3, -0.25) is 4.99 Å². The molecule has 0 bridgehead atoms. The van der Waals surface area contributed by atoms with Gasteiger partial charge in [-0.25, -0.2) is 0 Å². The molecule has 0 heterocycles. The summed E-state index contributed by atoms with van der Waals surface area (Å²) < 4.78 is 0. The average Bonchev–Trinajstić information content (AvgIpc) is 1.80. The highest BCUT2D eigenvalue weighted by Crippen LogP contribution is 1.83. The second-order valence-electron chi connectivity index (χ2n) is 2.19. The molecule has 0 radical (unpaired) electrons. The van der Waals surface area contributed by atoms with Gasteiger partial charge in [0.05, 0.1) is 12.6 Å². The SMILES string of the molecule is CCCC=NCC(C)O. The van der Waals surface area contributed by atoms with Gasteiger partial charge in [0, 0.05) is 0 Å². The summed E-state index contributed by atoms with van der Waals surface area (Å²) in [6.45, 7) is 4.39. The monoisotopic (exact) mass is 129 g/mol. The first kappa shape index (κ1) is 8.63. The Morgan fingerprint density at radius 3 is 2.78 bits per heavy atom. The van der Waals surface area contributed by atoms with E-state index in [1.165, 1.54) is 0 Å². The minimum Gasteiger partial charge on any atom is -0.391 e. The van der Waals surface area contributed by atoms with Crippen LogP contribution in [0.5, 0.6) is 0 Å². The van der Waals surface area contributed by atoms with Crippen LogP contribution in [0.1, 0.15) is 26.7 Å². The molecule has 54 valence electrons. The van der Waals surface area contributed by atoms with Gasteiger partial charge in [-0.1, -0.05) is 13.3 Å². The van der Waals surface area contributed by atoms with Crippen LogP contribution in [-0.2, 0) is 0 Å². The van der Waals surface area contributed by atoms with Gasteiger partial charge >= 0.3 is 0 Å². The van der Waals surface area contributed by atoms with Crippen molar-refractivity contribution >= 4 is 6.21 Å². The van der Waals surface area contributed by atoms with Crippen molar-refractivity contribution in [2.24, 2.45) is 4.99 Å². The molecular weight excluding hydrogens is 114 g/mol. The van der Waals surface area contributed by atoms with E-state index in [9.17, 15) is 0 Å². The highest BCUT2D eigenvalue weighted by atomic mass is 16.3. The van der Waals surface area contributed by atoms with Gasteiger partial charge in [0.2, 0.25) is 0 Å². The lowest BCUT2D eigenvalue weighted by atomic mass is 10.3. The number of nitrogens with zero attached hydrogens (tertiary/aromatic N) is 1. The van der Waals surface area contributed by atoms with Crippen LogP contribution in [0.4, 0.5) is 0 Å². The van der Waals surface area contributed by atoms with Crippen molar-refractivity contribution < 1.29 is 5.11 Å². The molecule has 0 aromatic carbocycles. The number of aliphatic hydroxyl groups excluding tert-OH is 1. The summed E-state index contributed by atoms with van der Waals surface area (Å²) in [6, 6.07) is 0. The fourth-order valence-electron chi connectivity index (χ4n) is 0.447. The highest BCUT2D eigenvalue weighted by Gasteiger charge is 1.87. The summed E-state index contributed by atoms with van der Waals surface area (Å²) in [5.41, 5.74) is 0. The maximum absolute atomic E-state index is 8.74. The molecule has 1 atom stereocenters. The number of rotatable bonds is 4. The molecule has 0 aliphatic carbocycles. The van der Waals surface area contributed by atoms with Crippen LogP contribution in [0.25, 0.3) is 0 Å². The zero-order valence-electron chi connectivity index (χ0n) is 6.17. The lowest BCUT2D eigenvalue weighted by Gasteiger charge is -1.95. The first-order valence-electron chi connectivity index (χ1n) is 3.43. The number of aliphatic imine (C=N–C) groups is 1. The van der Waals surface area contributed by atoms with Crippen molar-refractivity contribution in [3.8, 4) is 0 Å². The Balaban J connectivity index is 3.04. The third-order valence-corrected chi connectivity index (χ3v) is 0.917. The molecule has 0 fully saturated rings. The smallest absolute Gasteiger partial charge is 0.0707 e. The van der Waals surface area contributed by atoms with E-state index in [4.69, 9.17) is 5.11 Å². The lowest BCUT2D eigenvalue weighted by Crippen LogP contribution is -2.03. The van der Waals surface area contributed by atoms with Gasteiger partial charge in [0.15, 0.2) is 0 Å². The van der Waals surface area contributed by atoms with E-state index >= 15 is 0 Å². The molecule has 1 unspecified atom stereocenters. The summed E-state index contributed by atoms with van der Waals surface area (Å²) in [4.78, 5) is 3.99. The zero-order chi connectivity index (χ0) is 7.11. The van der Waals surface area contributed by atoms with Crippen molar-refractivity contribution in [2.75, 3.05) is 6.54 Å². The van der Waals surface area contributed by atoms with E-state index in [0.29, 0.717) is 6.54 Å². The standard InChI is InChI=1S/C7H15NO/c1-3-4-5-8-6-7(2)9/h5,7,9H,3-4,6H2,1-2H3. The molecular formula is C7H15NO. The molecule has 0 saturated carbocycles. The Morgan fingerprint density at radius 2 is 2.33 bits per heavy atom. The first-order chi connectivity index (χ1) is 4.27. The topological polar surface area (TPSA) is 32.6 Å². The summed E-state index contributed by atoms with van der Waals surface area (Å²) >= 11 is 0. The van der Waals surface area contributed by atoms with Crippen LogP contribution in [0.15, 0.2) is 4.99 Å². The summed E-state index contributed by atoms with van der Waals surface area (Å²) in [6.07, 6.45) is 3.72. The molecule has 0 aromatic rings. The largest absolute Gasteiger partial charge is 0.391 e. The Kier molecular flexibility index (Phi) is 5.52. The van der Waals surface area contributed by atoms with Crippen molar-refractivity contribution in [3.63, 3.8) is 0 Å². The van der Waals surface area contributed by atoms with Crippen molar-refractivity contribution in [1.82, 2.24) is 0 Å². The van der Waals surface area contributed by atoms with Crippen LogP contribution in [-0.4, -0.2) is 24.0 Å². The molecule has 2 heteroatoms. The predicted octanol–water partition coefficient (Wildman–Crippen LogP) is 1.24. The summed E-state index contributed by atoms with van der Waals surface area (Å²) in [5, 5.41) is 8.74. The predicted molar refractivity (Wildman–Crippen MR) is 39.9 cm³/mol. The van der Waals surface area contributed by atoms with Gasteiger partial charge < -0.3 is 5.11 Å². The molecule has 9 heavy (non-hydrogen) atoms. The second kappa shape index (κ2) is 5.76. The van der Waals surface area contributed by atoms with Crippen LogP contribution in [0.2, 0.25) is 0 Å². The molecule has 2 nitrogen and oxygen atoms in total. The number of hydrogen-bond donors (Lipinski definition) is 1. The minimum atomic E-state index is -0.293. The van der Waals surface area contributed by atoms with Gasteiger partial charge in [-0.2, -0.15) is 0 Å². The second-order valence-corrected chi connectivity index (χ2v) is 2.19. The fourth-order valence-corrected chi connectivity index (χ4v) is 0.447. The molecule has 0 saturated heterocycles. The third kappa shape index (κ3) is 7.63. The van der Waals surface area contributed by atoms with Crippen LogP contribution in [0.3, 0.4) is 0 Å². The van der Waals surface area contributed by atoms with E-state index in [1.54, 1.807) is 6.92 Å². The maximum Gasteiger partial charge on any atom is 0.0707 e. The minimum absolute atomic E-state index is 0.293. The van der Waals surface area contributed by atoms with Crippen molar-refractivity contribution in [1.29, 1.82) is 0 Å². The Labute approximate surface area is 56.6 Å². The highest BCUT2D eigenvalue weighted by molar-refractivity contribution is 5.56. The Morgan fingerprint density at radius 1 is 1.67 bits per heavy atom. The summed E-state index contributed by atoms with van der Waals surface area (Å²) in [7, 11) is 0. The summed E-state index contributed by atoms with van der Waals surface area (Å²) in [5.74, 6) is 0. The Hall–Kier alpha value is -0.370. The quantitative estimate of drug-likeness (QED) is 0.569. The first-order valence-corrected chi connectivity index (χ1v) is 3.43. The number of unbranched alkanes of at least 4 members (excludes halogenated alkanes) is 1. The number of aliphatic hydroxyl groups is 1. The van der Waals surface area contributed by atoms with Gasteiger partial charge in [0.1, 0.15) is 0 Å². The Bertz CT molecular complexity index is 79.0. The van der Waals surface area contributed by atoms with Gasteiger partial charge in [0.25, 0.3) is 0 Å². The molecule has 0 aromatic heterocycles. The van der Waals surface area contributed by atoms with Crippen LogP contribution < -0.4 is 0 Å². The van der Waals surface area contributed by atoms with Gasteiger partial charge in [-0.05, 0) is 19.6 Å². The van der Waals surface area contributed by atoms with Crippen molar-refractivity contribution in [2.45, 2.75) is 32.8 Å². The molecule has 0 spiro atoms. The normalized spacial score (nSPS) is 14.6. The van der Waals surface area contributed by atoms with E-state index < -0.39 is 0 Å². The fraction of sp³-hybridized carbons (Fsp3) is 0.857. The van der Waals surface area contributed by atoms with Gasteiger partial charge in [-0.15, -0.1) is 0 Å². The number of hydrogen-bond acceptors (Lipinski definition) is 2. The van der Waals surface area contributed by atoms with E-state index in [1.807, 2.05) is 6.21 Å². The molecule has 0 aliphatic heterocycles. The van der Waals surface area contributed by atoms with E-state index in [0.717, 1.165) is 12.8 Å². The molecule has 1 N–H and O–H groups in total.